The molecule has 1 aromatic carbocycles. The molecule has 1 aromatic rings. The quantitative estimate of drug-likeness (QED) is 0.431. The molecular weight excluding hydrogens is 422 g/mol. The number of hydrogen-bond donors (Lipinski definition) is 1. The standard InChI is InChI=1S/C34H47N/c1-22-9-10-24-12-15-28-27(8-6-17-33(28,4)29(24)20-22)23(2)32(3)18-7-19-34(5)30-21-26(35)14-11-25(30)13-16-31(32)34/h9-10,20-21,27-28,31H,2,6-8,11-19,35H2,1,3-5H3/t27?,28?,31?,32-,33?,34?/m1/s1. The van der Waals surface area contributed by atoms with Gasteiger partial charge in [0.2, 0.25) is 0 Å². The molecule has 0 amide bonds. The van der Waals surface area contributed by atoms with E-state index < -0.39 is 0 Å². The summed E-state index contributed by atoms with van der Waals surface area (Å²) in [6.45, 7) is 15.2. The highest BCUT2D eigenvalue weighted by molar-refractivity contribution is 5.44. The molecule has 6 atom stereocenters. The third-order valence-corrected chi connectivity index (χ3v) is 12.0. The van der Waals surface area contributed by atoms with E-state index in [1.807, 2.05) is 0 Å². The van der Waals surface area contributed by atoms with Gasteiger partial charge in [0.15, 0.2) is 0 Å². The minimum absolute atomic E-state index is 0.237. The number of aryl methyl sites for hydroxylation is 2. The van der Waals surface area contributed by atoms with Crippen molar-refractivity contribution in [1.82, 2.24) is 0 Å². The fourth-order valence-corrected chi connectivity index (χ4v) is 10.1. The predicted molar refractivity (Wildman–Crippen MR) is 148 cm³/mol. The topological polar surface area (TPSA) is 26.0 Å². The Kier molecular flexibility index (Phi) is 5.48. The van der Waals surface area contributed by atoms with Gasteiger partial charge in [-0.15, -0.1) is 0 Å². The smallest absolute Gasteiger partial charge is 0.00866 e. The Morgan fingerprint density at radius 2 is 1.71 bits per heavy atom. The largest absolute Gasteiger partial charge is 0.402 e. The van der Waals surface area contributed by atoms with E-state index in [1.54, 1.807) is 27.8 Å². The molecule has 1 heteroatoms. The van der Waals surface area contributed by atoms with Gasteiger partial charge in [0.05, 0.1) is 0 Å². The first kappa shape index (κ1) is 23.6. The molecule has 5 unspecified atom stereocenters. The average molecular weight is 470 g/mol. The van der Waals surface area contributed by atoms with Crippen LogP contribution in [0.4, 0.5) is 0 Å². The molecule has 2 fully saturated rings. The number of nitrogens with two attached hydrogens (primary N) is 1. The summed E-state index contributed by atoms with van der Waals surface area (Å²) >= 11 is 0. The summed E-state index contributed by atoms with van der Waals surface area (Å²) < 4.78 is 0. The number of benzene rings is 1. The van der Waals surface area contributed by atoms with Crippen molar-refractivity contribution in [2.75, 3.05) is 0 Å². The van der Waals surface area contributed by atoms with Gasteiger partial charge in [-0.1, -0.05) is 75.1 Å². The zero-order chi connectivity index (χ0) is 24.6. The summed E-state index contributed by atoms with van der Waals surface area (Å²) in [7, 11) is 0. The number of fused-ring (bicyclic) bond motifs is 5. The highest BCUT2D eigenvalue weighted by atomic mass is 14.6. The normalized spacial score (nSPS) is 40.7. The summed E-state index contributed by atoms with van der Waals surface area (Å²) in [4.78, 5) is 0. The molecule has 35 heavy (non-hydrogen) atoms. The van der Waals surface area contributed by atoms with E-state index in [2.05, 4.69) is 52.0 Å². The molecule has 0 aromatic heterocycles. The second kappa shape index (κ2) is 8.12. The van der Waals surface area contributed by atoms with E-state index in [1.165, 1.54) is 76.2 Å². The van der Waals surface area contributed by atoms with Crippen LogP contribution in [0.5, 0.6) is 0 Å². The van der Waals surface area contributed by atoms with Gasteiger partial charge in [-0.05, 0) is 128 Å². The lowest BCUT2D eigenvalue weighted by molar-refractivity contribution is 0.00725. The molecule has 0 radical (unpaired) electrons. The average Bonchev–Trinajstić information content (AvgIpc) is 2.83. The molecule has 0 aliphatic heterocycles. The minimum atomic E-state index is 0.237. The number of rotatable bonds is 2. The summed E-state index contributed by atoms with van der Waals surface area (Å²) in [6.07, 6.45) is 17.9. The van der Waals surface area contributed by atoms with E-state index >= 15 is 0 Å². The van der Waals surface area contributed by atoms with E-state index in [0.29, 0.717) is 17.3 Å². The number of hydrogen-bond acceptors (Lipinski definition) is 1. The van der Waals surface area contributed by atoms with Gasteiger partial charge in [-0.2, -0.15) is 0 Å². The maximum Gasteiger partial charge on any atom is 0.00866 e. The third-order valence-electron chi connectivity index (χ3n) is 12.0. The van der Waals surface area contributed by atoms with E-state index in [-0.39, 0.29) is 10.8 Å². The summed E-state index contributed by atoms with van der Waals surface area (Å²) in [5, 5.41) is 0. The van der Waals surface area contributed by atoms with Crippen molar-refractivity contribution in [3.63, 3.8) is 0 Å². The minimum Gasteiger partial charge on any atom is -0.402 e. The Hall–Kier alpha value is -1.76. The first-order valence-electron chi connectivity index (χ1n) is 14.6. The molecular formula is C34H47N. The van der Waals surface area contributed by atoms with Crippen molar-refractivity contribution in [2.45, 2.75) is 110 Å². The summed E-state index contributed by atoms with van der Waals surface area (Å²) in [5.41, 5.74) is 18.0. The Balaban J connectivity index is 1.36. The molecule has 5 aliphatic carbocycles. The van der Waals surface area contributed by atoms with Gasteiger partial charge in [-0.3, -0.25) is 0 Å². The molecule has 0 spiro atoms. The Labute approximate surface area is 214 Å². The maximum absolute atomic E-state index is 6.41. The zero-order valence-corrected chi connectivity index (χ0v) is 22.8. The van der Waals surface area contributed by atoms with Gasteiger partial charge in [-0.25, -0.2) is 0 Å². The molecule has 2 saturated carbocycles. The highest BCUT2D eigenvalue weighted by Gasteiger charge is 2.56. The number of allylic oxidation sites excluding steroid dienone is 5. The molecule has 1 nitrogen and oxygen atoms in total. The lowest BCUT2D eigenvalue weighted by Gasteiger charge is -2.60. The Morgan fingerprint density at radius 1 is 0.914 bits per heavy atom. The van der Waals surface area contributed by atoms with Crippen molar-refractivity contribution in [3.8, 4) is 0 Å². The lowest BCUT2D eigenvalue weighted by Crippen LogP contribution is -2.51. The molecule has 188 valence electrons. The van der Waals surface area contributed by atoms with Gasteiger partial charge < -0.3 is 5.73 Å². The van der Waals surface area contributed by atoms with Crippen molar-refractivity contribution >= 4 is 0 Å². The van der Waals surface area contributed by atoms with Gasteiger partial charge in [0.1, 0.15) is 0 Å². The van der Waals surface area contributed by atoms with Crippen LogP contribution in [0.25, 0.3) is 0 Å². The van der Waals surface area contributed by atoms with Crippen LogP contribution >= 0.6 is 0 Å². The molecule has 5 aliphatic rings. The van der Waals surface area contributed by atoms with Crippen LogP contribution in [0.3, 0.4) is 0 Å². The Bertz CT molecular complexity index is 1120. The van der Waals surface area contributed by atoms with Crippen LogP contribution in [-0.4, -0.2) is 0 Å². The van der Waals surface area contributed by atoms with E-state index in [4.69, 9.17) is 12.3 Å². The van der Waals surface area contributed by atoms with Crippen molar-refractivity contribution in [1.29, 1.82) is 0 Å². The van der Waals surface area contributed by atoms with Crippen LogP contribution in [0, 0.1) is 35.5 Å². The first-order valence-corrected chi connectivity index (χ1v) is 14.6. The van der Waals surface area contributed by atoms with Crippen molar-refractivity contribution in [2.24, 2.45) is 34.3 Å². The van der Waals surface area contributed by atoms with Crippen LogP contribution < -0.4 is 5.73 Å². The van der Waals surface area contributed by atoms with Crippen molar-refractivity contribution in [3.05, 3.63) is 70.0 Å². The Morgan fingerprint density at radius 3 is 2.54 bits per heavy atom. The van der Waals surface area contributed by atoms with Crippen LogP contribution in [0.1, 0.15) is 108 Å². The maximum atomic E-state index is 6.41. The SMILES string of the molecule is C=C(C1CCCC2(C)c3cc(C)ccc3CCC12)[C@@]1(C)CCCC2(C)C3=C(CCC(N)=C3)CCC21. The van der Waals surface area contributed by atoms with Gasteiger partial charge in [0.25, 0.3) is 0 Å². The fraction of sp³-hybridized carbons (Fsp3) is 0.647. The molecule has 0 saturated heterocycles. The van der Waals surface area contributed by atoms with Crippen LogP contribution in [0.15, 0.2) is 53.3 Å². The third kappa shape index (κ3) is 3.39. The molecule has 0 heterocycles. The van der Waals surface area contributed by atoms with Crippen molar-refractivity contribution < 1.29 is 0 Å². The highest BCUT2D eigenvalue weighted by Crippen LogP contribution is 2.66. The van der Waals surface area contributed by atoms with Gasteiger partial charge >= 0.3 is 0 Å². The second-order valence-electron chi connectivity index (χ2n) is 13.8. The monoisotopic (exact) mass is 469 g/mol. The van der Waals surface area contributed by atoms with Crippen LogP contribution in [0.2, 0.25) is 0 Å². The molecule has 0 bridgehead atoms. The fourth-order valence-electron chi connectivity index (χ4n) is 10.1. The van der Waals surface area contributed by atoms with Crippen LogP contribution in [-0.2, 0) is 11.8 Å². The van der Waals surface area contributed by atoms with E-state index in [0.717, 1.165) is 18.0 Å². The zero-order valence-electron chi connectivity index (χ0n) is 22.8. The van der Waals surface area contributed by atoms with Gasteiger partial charge in [0, 0.05) is 5.70 Å². The predicted octanol–water partition coefficient (Wildman–Crippen LogP) is 8.71. The molecule has 6 rings (SSSR count). The summed E-state index contributed by atoms with van der Waals surface area (Å²) in [5.74, 6) is 2.10. The molecule has 2 N–H and O–H groups in total. The first-order chi connectivity index (χ1) is 16.7. The second-order valence-corrected chi connectivity index (χ2v) is 13.8. The summed E-state index contributed by atoms with van der Waals surface area (Å²) in [6, 6.07) is 7.28. The lowest BCUT2D eigenvalue weighted by atomic mass is 9.44. The van der Waals surface area contributed by atoms with E-state index in [9.17, 15) is 0 Å².